The van der Waals surface area contributed by atoms with E-state index in [4.69, 9.17) is 4.74 Å². The van der Waals surface area contributed by atoms with Crippen LogP contribution in [0.1, 0.15) is 12.8 Å². The van der Waals surface area contributed by atoms with Gasteiger partial charge in [0, 0.05) is 30.2 Å². The summed E-state index contributed by atoms with van der Waals surface area (Å²) >= 11 is 3.29. The van der Waals surface area contributed by atoms with Gasteiger partial charge in [0.05, 0.1) is 4.90 Å². The van der Waals surface area contributed by atoms with Crippen molar-refractivity contribution < 1.29 is 27.1 Å². The fourth-order valence-electron chi connectivity index (χ4n) is 2.30. The Kier molecular flexibility index (Phi) is 8.30. The number of ether oxygens (including phenoxy) is 1. The Labute approximate surface area is 177 Å². The minimum Gasteiger partial charge on any atom is -0.456 e. The van der Waals surface area contributed by atoms with Crippen LogP contribution in [0, 0.1) is 5.82 Å². The second-order valence-corrected chi connectivity index (χ2v) is 9.06. The van der Waals surface area contributed by atoms with Gasteiger partial charge in [0.2, 0.25) is 10.0 Å². The van der Waals surface area contributed by atoms with Crippen LogP contribution in [0.3, 0.4) is 0 Å². The summed E-state index contributed by atoms with van der Waals surface area (Å²) < 4.78 is 44.5. The van der Waals surface area contributed by atoms with E-state index < -0.39 is 34.3 Å². The monoisotopic (exact) mass is 486 g/mol. The fourth-order valence-corrected chi connectivity index (χ4v) is 3.77. The number of hydrogen-bond acceptors (Lipinski definition) is 5. The van der Waals surface area contributed by atoms with Gasteiger partial charge in [-0.25, -0.2) is 17.1 Å². The van der Waals surface area contributed by atoms with Crippen molar-refractivity contribution >= 4 is 43.5 Å². The molecule has 2 aromatic carbocycles. The van der Waals surface area contributed by atoms with Gasteiger partial charge in [0.25, 0.3) is 5.91 Å². The maximum atomic E-state index is 12.9. The minimum absolute atomic E-state index is 0.0337. The number of rotatable bonds is 9. The fraction of sp³-hybridized carbons (Fsp3) is 0.263. The smallest absolute Gasteiger partial charge is 0.306 e. The number of benzene rings is 2. The number of amides is 1. The number of nitrogens with zero attached hydrogens (tertiary/aromatic N) is 1. The quantitative estimate of drug-likeness (QED) is 0.549. The van der Waals surface area contributed by atoms with Crippen LogP contribution in [0.5, 0.6) is 0 Å². The lowest BCUT2D eigenvalue weighted by Gasteiger charge is -2.17. The van der Waals surface area contributed by atoms with Gasteiger partial charge in [-0.05, 0) is 55.0 Å². The molecule has 1 N–H and O–H groups in total. The molecule has 0 saturated heterocycles. The summed E-state index contributed by atoms with van der Waals surface area (Å²) in [6.07, 6.45) is 0.166. The summed E-state index contributed by atoms with van der Waals surface area (Å²) in [5.41, 5.74) is 0.571. The topological polar surface area (TPSA) is 92.8 Å². The van der Waals surface area contributed by atoms with Crippen molar-refractivity contribution in [1.82, 2.24) is 4.31 Å². The van der Waals surface area contributed by atoms with Crippen molar-refractivity contribution in [1.29, 1.82) is 0 Å². The van der Waals surface area contributed by atoms with Gasteiger partial charge in [-0.15, -0.1) is 0 Å². The molecule has 0 aliphatic carbocycles. The standard InChI is InChI=1S/C19H20BrFN2O5S/c1-23(29(26,27)17-10-6-15(21)7-11-17)12-2-3-19(25)28-13-18(24)22-16-8-4-14(20)5-9-16/h4-11H,2-3,12-13H2,1H3,(H,22,24). The van der Waals surface area contributed by atoms with E-state index in [1.165, 1.54) is 19.2 Å². The first-order valence-electron chi connectivity index (χ1n) is 8.61. The van der Waals surface area contributed by atoms with Crippen molar-refractivity contribution in [2.75, 3.05) is 25.5 Å². The number of esters is 1. The summed E-state index contributed by atoms with van der Waals surface area (Å²) in [4.78, 5) is 23.5. The molecule has 0 aliphatic heterocycles. The molecule has 0 aromatic heterocycles. The van der Waals surface area contributed by atoms with Crippen LogP contribution in [-0.4, -0.2) is 44.8 Å². The highest BCUT2D eigenvalue weighted by Gasteiger charge is 2.20. The molecule has 0 bridgehead atoms. The van der Waals surface area contributed by atoms with Crippen LogP contribution in [-0.2, 0) is 24.3 Å². The Balaban J connectivity index is 1.72. The van der Waals surface area contributed by atoms with E-state index in [1.807, 2.05) is 0 Å². The lowest BCUT2D eigenvalue weighted by atomic mass is 10.3. The van der Waals surface area contributed by atoms with Crippen molar-refractivity contribution in [3.05, 3.63) is 58.8 Å². The number of sulfonamides is 1. The third-order valence-corrected chi connectivity index (χ3v) is 6.27. The SMILES string of the molecule is CN(CCCC(=O)OCC(=O)Nc1ccc(Br)cc1)S(=O)(=O)c1ccc(F)cc1. The molecule has 0 saturated carbocycles. The van der Waals surface area contributed by atoms with Gasteiger partial charge in [-0.2, -0.15) is 0 Å². The van der Waals surface area contributed by atoms with Gasteiger partial charge in [-0.3, -0.25) is 9.59 Å². The molecule has 2 aromatic rings. The molecule has 10 heteroatoms. The summed E-state index contributed by atoms with van der Waals surface area (Å²) in [6, 6.07) is 11.4. The van der Waals surface area contributed by atoms with Crippen molar-refractivity contribution in [2.24, 2.45) is 0 Å². The van der Waals surface area contributed by atoms with E-state index in [2.05, 4.69) is 21.2 Å². The molecule has 0 aliphatic rings. The highest BCUT2D eigenvalue weighted by Crippen LogP contribution is 2.16. The molecule has 2 rings (SSSR count). The van der Waals surface area contributed by atoms with E-state index in [9.17, 15) is 22.4 Å². The molecule has 7 nitrogen and oxygen atoms in total. The minimum atomic E-state index is -3.77. The predicted octanol–water partition coefficient (Wildman–Crippen LogP) is 3.17. The van der Waals surface area contributed by atoms with Gasteiger partial charge in [0.1, 0.15) is 5.82 Å². The highest BCUT2D eigenvalue weighted by atomic mass is 79.9. The number of halogens is 2. The summed E-state index contributed by atoms with van der Waals surface area (Å²) in [6.45, 7) is -0.363. The largest absolute Gasteiger partial charge is 0.456 e. The summed E-state index contributed by atoms with van der Waals surface area (Å²) in [5, 5.41) is 2.59. The summed E-state index contributed by atoms with van der Waals surface area (Å²) in [5.74, 6) is -1.61. The Morgan fingerprint density at radius 2 is 1.72 bits per heavy atom. The zero-order chi connectivity index (χ0) is 21.4. The maximum absolute atomic E-state index is 12.9. The third kappa shape index (κ3) is 7.22. The molecule has 0 radical (unpaired) electrons. The molecule has 0 heterocycles. The van der Waals surface area contributed by atoms with Gasteiger partial charge in [-0.1, -0.05) is 15.9 Å². The normalized spacial score (nSPS) is 11.3. The van der Waals surface area contributed by atoms with E-state index in [-0.39, 0.29) is 24.3 Å². The first kappa shape index (κ1) is 23.0. The molecular weight excluding hydrogens is 467 g/mol. The van der Waals surface area contributed by atoms with Crippen LogP contribution in [0.25, 0.3) is 0 Å². The molecule has 0 fully saturated rings. The van der Waals surface area contributed by atoms with Gasteiger partial charge in [0.15, 0.2) is 6.61 Å². The Bertz CT molecular complexity index is 950. The number of hydrogen-bond donors (Lipinski definition) is 1. The zero-order valence-electron chi connectivity index (χ0n) is 15.6. The van der Waals surface area contributed by atoms with E-state index >= 15 is 0 Å². The Morgan fingerprint density at radius 1 is 1.10 bits per heavy atom. The van der Waals surface area contributed by atoms with Crippen molar-refractivity contribution in [3.63, 3.8) is 0 Å². The second kappa shape index (κ2) is 10.5. The van der Waals surface area contributed by atoms with Crippen LogP contribution in [0.15, 0.2) is 57.9 Å². The molecule has 156 valence electrons. The first-order chi connectivity index (χ1) is 13.7. The Hall–Kier alpha value is -2.30. The van der Waals surface area contributed by atoms with Crippen LogP contribution < -0.4 is 5.32 Å². The number of anilines is 1. The number of carbonyl (C=O) groups is 2. The van der Waals surface area contributed by atoms with Gasteiger partial charge < -0.3 is 10.1 Å². The van der Waals surface area contributed by atoms with E-state index in [0.717, 1.165) is 20.9 Å². The maximum Gasteiger partial charge on any atom is 0.306 e. The van der Waals surface area contributed by atoms with Crippen molar-refractivity contribution in [2.45, 2.75) is 17.7 Å². The van der Waals surface area contributed by atoms with Crippen molar-refractivity contribution in [3.8, 4) is 0 Å². The molecule has 1 amide bonds. The zero-order valence-corrected chi connectivity index (χ0v) is 18.0. The molecule has 0 spiro atoms. The second-order valence-electron chi connectivity index (χ2n) is 6.10. The summed E-state index contributed by atoms with van der Waals surface area (Å²) in [7, 11) is -2.40. The number of nitrogens with one attached hydrogen (secondary N) is 1. The lowest BCUT2D eigenvalue weighted by Crippen LogP contribution is -2.28. The molecule has 0 unspecified atom stereocenters. The van der Waals surface area contributed by atoms with E-state index in [0.29, 0.717) is 5.69 Å². The van der Waals surface area contributed by atoms with E-state index in [1.54, 1.807) is 24.3 Å². The Morgan fingerprint density at radius 3 is 2.34 bits per heavy atom. The molecule has 29 heavy (non-hydrogen) atoms. The third-order valence-electron chi connectivity index (χ3n) is 3.87. The predicted molar refractivity (Wildman–Crippen MR) is 109 cm³/mol. The average Bonchev–Trinajstić information content (AvgIpc) is 2.68. The highest BCUT2D eigenvalue weighted by molar-refractivity contribution is 9.10. The van der Waals surface area contributed by atoms with Crippen LogP contribution in [0.4, 0.5) is 10.1 Å². The average molecular weight is 487 g/mol. The lowest BCUT2D eigenvalue weighted by molar-refractivity contribution is -0.147. The first-order valence-corrected chi connectivity index (χ1v) is 10.8. The molecule has 0 atom stereocenters. The van der Waals surface area contributed by atoms with Gasteiger partial charge >= 0.3 is 5.97 Å². The molecular formula is C19H20BrFN2O5S. The number of carbonyl (C=O) groups excluding carboxylic acids is 2. The van der Waals surface area contributed by atoms with Crippen LogP contribution >= 0.6 is 15.9 Å². The van der Waals surface area contributed by atoms with Crippen LogP contribution in [0.2, 0.25) is 0 Å².